The van der Waals surface area contributed by atoms with Gasteiger partial charge in [-0.05, 0) is 49.7 Å². The van der Waals surface area contributed by atoms with Gasteiger partial charge in [0, 0.05) is 42.8 Å². The maximum Gasteiger partial charge on any atom is 0.343 e. The Balaban J connectivity index is 1.54. The number of hydrogen-bond acceptors (Lipinski definition) is 6. The Bertz CT molecular complexity index is 1300. The predicted molar refractivity (Wildman–Crippen MR) is 133 cm³/mol. The number of nitrogens with zero attached hydrogens (tertiary/aromatic N) is 3. The van der Waals surface area contributed by atoms with Crippen LogP contribution in [0.4, 0.5) is 0 Å². The summed E-state index contributed by atoms with van der Waals surface area (Å²) >= 11 is 0. The lowest BCUT2D eigenvalue weighted by Gasteiger charge is -2.13. The number of hydrogen-bond donors (Lipinski definition) is 0. The van der Waals surface area contributed by atoms with Crippen molar-refractivity contribution < 1.29 is 19.1 Å². The summed E-state index contributed by atoms with van der Waals surface area (Å²) in [4.78, 5) is 34.0. The first-order valence-electron chi connectivity index (χ1n) is 11.3. The van der Waals surface area contributed by atoms with Crippen LogP contribution in [0.5, 0.6) is 11.5 Å². The van der Waals surface area contributed by atoms with E-state index >= 15 is 0 Å². The lowest BCUT2D eigenvalue weighted by molar-refractivity contribution is 0.0732. The summed E-state index contributed by atoms with van der Waals surface area (Å²) in [6.45, 7) is 3.27. The van der Waals surface area contributed by atoms with Gasteiger partial charge in [-0.2, -0.15) is 0 Å². The fraction of sp³-hybridized carbons (Fsp3) is 0.143. The van der Waals surface area contributed by atoms with Crippen molar-refractivity contribution >= 4 is 17.7 Å². The van der Waals surface area contributed by atoms with E-state index in [4.69, 9.17) is 9.47 Å². The van der Waals surface area contributed by atoms with Gasteiger partial charge in [-0.3, -0.25) is 4.99 Å². The van der Waals surface area contributed by atoms with Gasteiger partial charge >= 0.3 is 11.9 Å². The average molecular weight is 468 g/mol. The summed E-state index contributed by atoms with van der Waals surface area (Å²) in [5.41, 5.74) is 2.21. The highest BCUT2D eigenvalue weighted by Gasteiger charge is 2.16. The Morgan fingerprint density at radius 3 is 2.17 bits per heavy atom. The molecule has 1 aromatic heterocycles. The molecule has 0 atom stereocenters. The van der Waals surface area contributed by atoms with Gasteiger partial charge in [-0.15, -0.1) is 0 Å². The van der Waals surface area contributed by atoms with Gasteiger partial charge in [0.25, 0.3) is 0 Å². The normalized spacial score (nSPS) is 11.2. The van der Waals surface area contributed by atoms with E-state index in [2.05, 4.69) is 9.98 Å². The zero-order valence-corrected chi connectivity index (χ0v) is 19.3. The molecule has 3 aromatic carbocycles. The van der Waals surface area contributed by atoms with Crippen LogP contribution in [-0.2, 0) is 6.54 Å². The Morgan fingerprint density at radius 1 is 0.886 bits per heavy atom. The number of esters is 2. The summed E-state index contributed by atoms with van der Waals surface area (Å²) in [5, 5.41) is 0. The summed E-state index contributed by atoms with van der Waals surface area (Å²) in [7, 11) is 0. The molecule has 0 aliphatic rings. The molecule has 0 unspecified atom stereocenters. The molecule has 7 heteroatoms. The molecule has 0 radical (unpaired) electrons. The average Bonchev–Trinajstić information content (AvgIpc) is 3.41. The quantitative estimate of drug-likeness (QED) is 0.146. The number of aromatic nitrogens is 2. The van der Waals surface area contributed by atoms with Crippen molar-refractivity contribution in [3.8, 4) is 11.5 Å². The molecular weight excluding hydrogens is 442 g/mol. The molecule has 4 rings (SSSR count). The first-order chi connectivity index (χ1) is 17.1. The van der Waals surface area contributed by atoms with E-state index in [1.807, 2.05) is 29.8 Å². The lowest BCUT2D eigenvalue weighted by atomic mass is 10.1. The largest absolute Gasteiger partial charge is 0.423 e. The molecule has 0 aliphatic carbocycles. The Labute approximate surface area is 203 Å². The number of imidazole rings is 1. The van der Waals surface area contributed by atoms with Crippen molar-refractivity contribution in [2.45, 2.75) is 19.9 Å². The Kier molecular flexibility index (Phi) is 7.81. The minimum Gasteiger partial charge on any atom is -0.423 e. The first kappa shape index (κ1) is 23.6. The molecule has 0 saturated carbocycles. The zero-order valence-electron chi connectivity index (χ0n) is 19.3. The lowest BCUT2D eigenvalue weighted by Crippen LogP contribution is -2.13. The third-order valence-corrected chi connectivity index (χ3v) is 5.26. The third-order valence-electron chi connectivity index (χ3n) is 5.26. The molecule has 7 nitrogen and oxygen atoms in total. The smallest absolute Gasteiger partial charge is 0.343 e. The highest BCUT2D eigenvalue weighted by atomic mass is 16.5. The van der Waals surface area contributed by atoms with E-state index in [1.165, 1.54) is 0 Å². The van der Waals surface area contributed by atoms with Gasteiger partial charge in [0.05, 0.1) is 17.5 Å². The SMILES string of the molecule is CC(=NCCCn1ccnc1)c1ccc(OC(=O)c2ccccc2)cc1OC(=O)c1ccccc1. The molecule has 0 saturated heterocycles. The van der Waals surface area contributed by atoms with E-state index < -0.39 is 11.9 Å². The Hall–Kier alpha value is -4.52. The highest BCUT2D eigenvalue weighted by Crippen LogP contribution is 2.27. The topological polar surface area (TPSA) is 82.8 Å². The summed E-state index contributed by atoms with van der Waals surface area (Å²) < 4.78 is 13.2. The summed E-state index contributed by atoms with van der Waals surface area (Å²) in [6, 6.07) is 22.4. The second kappa shape index (κ2) is 11.6. The number of carbonyl (C=O) groups excluding carboxylic acids is 2. The van der Waals surface area contributed by atoms with E-state index in [0.717, 1.165) is 13.0 Å². The maximum atomic E-state index is 12.8. The number of aliphatic imine (C=N–C) groups is 1. The van der Waals surface area contributed by atoms with Crippen molar-refractivity contribution in [2.24, 2.45) is 4.99 Å². The van der Waals surface area contributed by atoms with Crippen molar-refractivity contribution in [3.05, 3.63) is 114 Å². The van der Waals surface area contributed by atoms with Crippen LogP contribution in [0.1, 0.15) is 39.6 Å². The molecule has 0 bridgehead atoms. The zero-order chi connectivity index (χ0) is 24.5. The molecule has 176 valence electrons. The Morgan fingerprint density at radius 2 is 1.54 bits per heavy atom. The third kappa shape index (κ3) is 6.51. The number of carbonyl (C=O) groups is 2. The minimum absolute atomic E-state index is 0.270. The van der Waals surface area contributed by atoms with Gasteiger partial charge in [-0.1, -0.05) is 36.4 Å². The van der Waals surface area contributed by atoms with Gasteiger partial charge in [0.2, 0.25) is 0 Å². The molecule has 35 heavy (non-hydrogen) atoms. The van der Waals surface area contributed by atoms with E-state index in [0.29, 0.717) is 28.9 Å². The van der Waals surface area contributed by atoms with Crippen molar-refractivity contribution in [2.75, 3.05) is 6.54 Å². The van der Waals surface area contributed by atoms with E-state index in [-0.39, 0.29) is 11.5 Å². The van der Waals surface area contributed by atoms with Crippen LogP contribution in [0.2, 0.25) is 0 Å². The second-order valence-electron chi connectivity index (χ2n) is 7.79. The fourth-order valence-electron chi connectivity index (χ4n) is 3.43. The maximum absolute atomic E-state index is 12.8. The van der Waals surface area contributed by atoms with Crippen LogP contribution in [0, 0.1) is 0 Å². The highest BCUT2D eigenvalue weighted by molar-refractivity contribution is 6.03. The van der Waals surface area contributed by atoms with Gasteiger partial charge in [-0.25, -0.2) is 14.6 Å². The molecular formula is C28H25N3O4. The molecule has 0 fully saturated rings. The molecule has 1 heterocycles. The fourth-order valence-corrected chi connectivity index (χ4v) is 3.43. The van der Waals surface area contributed by atoms with E-state index in [1.54, 1.807) is 79.3 Å². The molecule has 0 spiro atoms. The number of rotatable bonds is 9. The van der Waals surface area contributed by atoms with Crippen molar-refractivity contribution in [1.29, 1.82) is 0 Å². The van der Waals surface area contributed by atoms with Crippen LogP contribution in [0.25, 0.3) is 0 Å². The monoisotopic (exact) mass is 467 g/mol. The van der Waals surface area contributed by atoms with E-state index in [9.17, 15) is 9.59 Å². The summed E-state index contributed by atoms with van der Waals surface area (Å²) in [5.74, 6) is -0.464. The number of aryl methyl sites for hydroxylation is 1. The van der Waals surface area contributed by atoms with Gasteiger partial charge < -0.3 is 14.0 Å². The summed E-state index contributed by atoms with van der Waals surface area (Å²) in [6.07, 6.45) is 6.26. The van der Waals surface area contributed by atoms with Crippen molar-refractivity contribution in [1.82, 2.24) is 9.55 Å². The standard InChI is InChI=1S/C28H25N3O4/c1-21(30-15-8-17-31-18-16-29-20-31)25-14-13-24(34-27(32)22-9-4-2-5-10-22)19-26(25)35-28(33)23-11-6-3-7-12-23/h2-7,9-14,16,18-20H,8,15,17H2,1H3. The van der Waals surface area contributed by atoms with Crippen LogP contribution in [-0.4, -0.2) is 33.7 Å². The van der Waals surface area contributed by atoms with Crippen LogP contribution in [0.3, 0.4) is 0 Å². The number of ether oxygens (including phenoxy) is 2. The number of benzene rings is 3. The van der Waals surface area contributed by atoms with Crippen LogP contribution < -0.4 is 9.47 Å². The molecule has 0 aliphatic heterocycles. The van der Waals surface area contributed by atoms with Crippen molar-refractivity contribution in [3.63, 3.8) is 0 Å². The molecule has 0 amide bonds. The van der Waals surface area contributed by atoms with Gasteiger partial charge in [0.15, 0.2) is 0 Å². The minimum atomic E-state index is -0.508. The predicted octanol–water partition coefficient (Wildman–Crippen LogP) is 5.22. The first-order valence-corrected chi connectivity index (χ1v) is 11.3. The van der Waals surface area contributed by atoms with Crippen LogP contribution >= 0.6 is 0 Å². The second-order valence-corrected chi connectivity index (χ2v) is 7.79. The molecule has 0 N–H and O–H groups in total. The van der Waals surface area contributed by atoms with Gasteiger partial charge in [0.1, 0.15) is 11.5 Å². The molecule has 4 aromatic rings. The van der Waals surface area contributed by atoms with Crippen LogP contribution in [0.15, 0.2) is 103 Å².